The Hall–Kier alpha value is -2.11. The lowest BCUT2D eigenvalue weighted by molar-refractivity contribution is 0.655. The fraction of sp³-hybridized carbons (Fsp3) is 0.417. The molecule has 0 aliphatic heterocycles. The van der Waals surface area contributed by atoms with E-state index in [1.165, 1.54) is 0 Å². The highest BCUT2D eigenvalue weighted by molar-refractivity contribution is 5.40. The number of hydrogen-bond donors (Lipinski definition) is 1. The zero-order valence-electron chi connectivity index (χ0n) is 10.6. The molecule has 0 fully saturated rings. The third-order valence-electron chi connectivity index (χ3n) is 2.57. The van der Waals surface area contributed by atoms with Crippen LogP contribution in [0.25, 0.3) is 0 Å². The van der Waals surface area contributed by atoms with Crippen LogP contribution >= 0.6 is 0 Å². The van der Waals surface area contributed by atoms with Crippen molar-refractivity contribution in [2.24, 2.45) is 7.05 Å². The van der Waals surface area contributed by atoms with Crippen LogP contribution < -0.4 is 10.9 Å². The second kappa shape index (κ2) is 5.48. The second-order valence-corrected chi connectivity index (χ2v) is 4.19. The van der Waals surface area contributed by atoms with E-state index in [1.54, 1.807) is 21.4 Å². The summed E-state index contributed by atoms with van der Waals surface area (Å²) in [6, 6.07) is 3.36. The van der Waals surface area contributed by atoms with Crippen LogP contribution in [-0.4, -0.2) is 19.6 Å². The molecule has 0 atom stereocenters. The third-order valence-corrected chi connectivity index (χ3v) is 2.57. The average molecular weight is 247 g/mol. The highest BCUT2D eigenvalue weighted by atomic mass is 16.1. The molecule has 2 aromatic rings. The molecule has 6 heteroatoms. The lowest BCUT2D eigenvalue weighted by atomic mass is 10.3. The second-order valence-electron chi connectivity index (χ2n) is 4.19. The van der Waals surface area contributed by atoms with E-state index in [9.17, 15) is 4.79 Å². The fourth-order valence-corrected chi connectivity index (χ4v) is 1.72. The molecule has 2 rings (SSSR count). The summed E-state index contributed by atoms with van der Waals surface area (Å²) in [5.74, 6) is 0. The van der Waals surface area contributed by atoms with Crippen molar-refractivity contribution in [3.8, 4) is 0 Å². The molecule has 2 aromatic heterocycles. The minimum Gasteiger partial charge on any atom is -0.378 e. The molecule has 0 bridgehead atoms. The van der Waals surface area contributed by atoms with Crippen molar-refractivity contribution in [2.75, 3.05) is 5.32 Å². The van der Waals surface area contributed by atoms with Crippen molar-refractivity contribution in [1.82, 2.24) is 19.6 Å². The quantitative estimate of drug-likeness (QED) is 0.856. The lowest BCUT2D eigenvalue weighted by Gasteiger charge is -2.08. The van der Waals surface area contributed by atoms with E-state index in [-0.39, 0.29) is 5.56 Å². The largest absolute Gasteiger partial charge is 0.378 e. The maximum atomic E-state index is 11.5. The molecular weight excluding hydrogens is 230 g/mol. The average Bonchev–Trinajstić information content (AvgIpc) is 2.76. The summed E-state index contributed by atoms with van der Waals surface area (Å²) in [6.07, 6.45) is 4.63. The molecule has 6 nitrogen and oxygen atoms in total. The molecule has 0 aliphatic carbocycles. The van der Waals surface area contributed by atoms with E-state index in [0.29, 0.717) is 6.54 Å². The summed E-state index contributed by atoms with van der Waals surface area (Å²) in [5, 5.41) is 11.1. The molecule has 0 aromatic carbocycles. The molecule has 1 N–H and O–H groups in total. The molecule has 96 valence electrons. The van der Waals surface area contributed by atoms with Gasteiger partial charge in [0.1, 0.15) is 5.69 Å². The highest BCUT2D eigenvalue weighted by Crippen LogP contribution is 2.05. The van der Waals surface area contributed by atoms with E-state index in [1.807, 2.05) is 26.4 Å². The van der Waals surface area contributed by atoms with E-state index < -0.39 is 0 Å². The maximum absolute atomic E-state index is 11.5. The number of hydrogen-bond acceptors (Lipinski definition) is 4. The Morgan fingerprint density at radius 1 is 1.33 bits per heavy atom. The van der Waals surface area contributed by atoms with E-state index in [0.717, 1.165) is 24.3 Å². The van der Waals surface area contributed by atoms with Crippen LogP contribution in [0.4, 0.5) is 5.69 Å². The first-order valence-corrected chi connectivity index (χ1v) is 5.98. The zero-order valence-corrected chi connectivity index (χ0v) is 10.6. The van der Waals surface area contributed by atoms with Crippen molar-refractivity contribution < 1.29 is 0 Å². The van der Waals surface area contributed by atoms with E-state index >= 15 is 0 Å². The minimum absolute atomic E-state index is 0.0295. The molecule has 18 heavy (non-hydrogen) atoms. The molecular formula is C12H17N5O. The number of anilines is 1. The van der Waals surface area contributed by atoms with Crippen molar-refractivity contribution in [1.29, 1.82) is 0 Å². The van der Waals surface area contributed by atoms with Gasteiger partial charge in [-0.25, -0.2) is 0 Å². The number of aryl methyl sites for hydroxylation is 2. The number of aromatic nitrogens is 4. The van der Waals surface area contributed by atoms with Crippen LogP contribution in [0.2, 0.25) is 0 Å². The standard InChI is InChI=1S/C12H17N5O/c1-3-6-17-9-10(4-5-12(17)18)13-7-11-8-16(2)15-14-11/h4-5,8-9,13H,3,6-7H2,1-2H3. The summed E-state index contributed by atoms with van der Waals surface area (Å²) in [5.41, 5.74) is 1.81. The van der Waals surface area contributed by atoms with E-state index in [2.05, 4.69) is 15.6 Å². The first-order valence-electron chi connectivity index (χ1n) is 5.98. The normalized spacial score (nSPS) is 10.6. The number of rotatable bonds is 5. The van der Waals surface area contributed by atoms with Gasteiger partial charge in [0, 0.05) is 32.1 Å². The molecule has 2 heterocycles. The van der Waals surface area contributed by atoms with Crippen LogP contribution in [0.1, 0.15) is 19.0 Å². The van der Waals surface area contributed by atoms with Gasteiger partial charge in [-0.15, -0.1) is 5.10 Å². The molecule has 0 aliphatic rings. The highest BCUT2D eigenvalue weighted by Gasteiger charge is 2.00. The zero-order chi connectivity index (χ0) is 13.0. The smallest absolute Gasteiger partial charge is 0.250 e. The molecule has 0 radical (unpaired) electrons. The SMILES string of the molecule is CCCn1cc(NCc2cn(C)nn2)ccc1=O. The van der Waals surface area contributed by atoms with Crippen LogP contribution in [0, 0.1) is 0 Å². The van der Waals surface area contributed by atoms with Crippen LogP contribution in [0.5, 0.6) is 0 Å². The van der Waals surface area contributed by atoms with Crippen LogP contribution in [-0.2, 0) is 20.1 Å². The molecule has 0 spiro atoms. The first-order chi connectivity index (χ1) is 8.69. The van der Waals surface area contributed by atoms with Gasteiger partial charge < -0.3 is 9.88 Å². The van der Waals surface area contributed by atoms with Gasteiger partial charge in [-0.2, -0.15) is 0 Å². The van der Waals surface area contributed by atoms with Gasteiger partial charge in [-0.1, -0.05) is 12.1 Å². The van der Waals surface area contributed by atoms with Crippen molar-refractivity contribution in [3.63, 3.8) is 0 Å². The Kier molecular flexibility index (Phi) is 3.76. The van der Waals surface area contributed by atoms with Gasteiger partial charge >= 0.3 is 0 Å². The van der Waals surface area contributed by atoms with Gasteiger partial charge in [-0.3, -0.25) is 9.48 Å². The number of nitrogens with zero attached hydrogens (tertiary/aromatic N) is 4. The Morgan fingerprint density at radius 2 is 2.17 bits per heavy atom. The first kappa shape index (κ1) is 12.3. The maximum Gasteiger partial charge on any atom is 0.250 e. The summed E-state index contributed by atoms with van der Waals surface area (Å²) in [4.78, 5) is 11.5. The number of nitrogens with one attached hydrogen (secondary N) is 1. The monoisotopic (exact) mass is 247 g/mol. The molecule has 0 saturated heterocycles. The van der Waals surface area contributed by atoms with Crippen molar-refractivity contribution >= 4 is 5.69 Å². The van der Waals surface area contributed by atoms with Gasteiger partial charge in [-0.05, 0) is 12.5 Å². The van der Waals surface area contributed by atoms with Crippen molar-refractivity contribution in [2.45, 2.75) is 26.4 Å². The van der Waals surface area contributed by atoms with Gasteiger partial charge in [0.05, 0.1) is 12.2 Å². The molecule has 0 unspecified atom stereocenters. The van der Waals surface area contributed by atoms with Crippen LogP contribution in [0.15, 0.2) is 29.3 Å². The van der Waals surface area contributed by atoms with Gasteiger partial charge in [0.2, 0.25) is 0 Å². The van der Waals surface area contributed by atoms with Crippen LogP contribution in [0.3, 0.4) is 0 Å². The number of pyridine rings is 1. The molecule has 0 saturated carbocycles. The fourth-order valence-electron chi connectivity index (χ4n) is 1.72. The third kappa shape index (κ3) is 2.97. The Morgan fingerprint density at radius 3 is 2.83 bits per heavy atom. The van der Waals surface area contributed by atoms with Crippen molar-refractivity contribution in [3.05, 3.63) is 40.6 Å². The predicted octanol–water partition coefficient (Wildman–Crippen LogP) is 0.999. The predicted molar refractivity (Wildman–Crippen MR) is 69.3 cm³/mol. The van der Waals surface area contributed by atoms with Gasteiger partial charge in [0.25, 0.3) is 5.56 Å². The minimum atomic E-state index is 0.0295. The lowest BCUT2D eigenvalue weighted by Crippen LogP contribution is -2.18. The Bertz CT molecular complexity index is 572. The summed E-state index contributed by atoms with van der Waals surface area (Å²) < 4.78 is 3.37. The topological polar surface area (TPSA) is 64.7 Å². The summed E-state index contributed by atoms with van der Waals surface area (Å²) in [7, 11) is 1.83. The van der Waals surface area contributed by atoms with Gasteiger partial charge in [0.15, 0.2) is 0 Å². The Labute approximate surface area is 105 Å². The summed E-state index contributed by atoms with van der Waals surface area (Å²) >= 11 is 0. The Balaban J connectivity index is 2.05. The molecule has 0 amide bonds. The van der Waals surface area contributed by atoms with E-state index in [4.69, 9.17) is 0 Å². The summed E-state index contributed by atoms with van der Waals surface area (Å²) in [6.45, 7) is 3.38.